The molecule has 0 amide bonds. The lowest BCUT2D eigenvalue weighted by Crippen LogP contribution is -2.39. The first-order valence-electron chi connectivity index (χ1n) is 6.61. The molecule has 0 aromatic rings. The molecule has 0 heterocycles. The van der Waals surface area contributed by atoms with Gasteiger partial charge in [-0.1, -0.05) is 19.8 Å². The van der Waals surface area contributed by atoms with Gasteiger partial charge in [0, 0.05) is 20.0 Å². The quantitative estimate of drug-likeness (QED) is 0.350. The Balaban J connectivity index is 3.99. The molecule has 0 aliphatic heterocycles. The predicted molar refractivity (Wildman–Crippen MR) is 68.2 cm³/mol. The third-order valence-electron chi connectivity index (χ3n) is 2.41. The Morgan fingerprint density at radius 2 is 1.83 bits per heavy atom. The van der Waals surface area contributed by atoms with E-state index in [-0.39, 0.29) is 6.61 Å². The van der Waals surface area contributed by atoms with E-state index in [9.17, 15) is 9.90 Å². The molecule has 5 nitrogen and oxygen atoms in total. The van der Waals surface area contributed by atoms with E-state index < -0.39 is 11.8 Å². The van der Waals surface area contributed by atoms with Crippen molar-refractivity contribution in [1.82, 2.24) is 0 Å². The minimum atomic E-state index is -1.51. The molecule has 0 aliphatic carbocycles. The Kier molecular flexibility index (Phi) is 9.92. The zero-order chi connectivity index (χ0) is 13.9. The van der Waals surface area contributed by atoms with Crippen molar-refractivity contribution < 1.29 is 24.1 Å². The predicted octanol–water partition coefficient (Wildman–Crippen LogP) is 1.87. The first-order chi connectivity index (χ1) is 8.54. The largest absolute Gasteiger partial charge is 0.431 e. The number of ether oxygens (including phenoxy) is 3. The zero-order valence-electron chi connectivity index (χ0n) is 11.7. The lowest BCUT2D eigenvalue weighted by atomic mass is 10.1. The fraction of sp³-hybridized carbons (Fsp3) is 0.923. The summed E-state index contributed by atoms with van der Waals surface area (Å²) in [5.41, 5.74) is 0. The van der Waals surface area contributed by atoms with Crippen LogP contribution in [-0.2, 0) is 19.0 Å². The van der Waals surface area contributed by atoms with Crippen molar-refractivity contribution in [3.05, 3.63) is 0 Å². The average molecular weight is 262 g/mol. The molecule has 0 fully saturated rings. The van der Waals surface area contributed by atoms with Crippen LogP contribution in [0.5, 0.6) is 0 Å². The molecular formula is C13H26O5. The van der Waals surface area contributed by atoms with Gasteiger partial charge in [-0.15, -0.1) is 0 Å². The number of rotatable bonds is 11. The number of hydrogen-bond donors (Lipinski definition) is 1. The van der Waals surface area contributed by atoms with Crippen LogP contribution in [0.3, 0.4) is 0 Å². The molecule has 1 unspecified atom stereocenters. The molecule has 0 aliphatic rings. The second kappa shape index (κ2) is 10.3. The molecule has 108 valence electrons. The van der Waals surface area contributed by atoms with Gasteiger partial charge in [0.05, 0.1) is 13.2 Å². The Morgan fingerprint density at radius 1 is 1.17 bits per heavy atom. The van der Waals surface area contributed by atoms with Gasteiger partial charge >= 0.3 is 5.97 Å². The maximum Gasteiger partial charge on any atom is 0.305 e. The zero-order valence-corrected chi connectivity index (χ0v) is 11.7. The van der Waals surface area contributed by atoms with E-state index in [0.29, 0.717) is 26.2 Å². The van der Waals surface area contributed by atoms with Crippen molar-refractivity contribution in [1.29, 1.82) is 0 Å². The van der Waals surface area contributed by atoms with E-state index in [4.69, 9.17) is 14.2 Å². The lowest BCUT2D eigenvalue weighted by molar-refractivity contribution is -0.231. The van der Waals surface area contributed by atoms with Crippen LogP contribution in [0.2, 0.25) is 0 Å². The summed E-state index contributed by atoms with van der Waals surface area (Å²) >= 11 is 0. The molecule has 0 aromatic heterocycles. The standard InChI is InChI=1S/C13H26O5/c1-4-6-7-8-13(15,18-12(3)14)11-17-10-9-16-5-2/h15H,4-11H2,1-3H3. The van der Waals surface area contributed by atoms with Crippen molar-refractivity contribution in [2.24, 2.45) is 0 Å². The van der Waals surface area contributed by atoms with Gasteiger partial charge in [0.1, 0.15) is 6.61 Å². The van der Waals surface area contributed by atoms with Crippen LogP contribution >= 0.6 is 0 Å². The van der Waals surface area contributed by atoms with Gasteiger partial charge in [-0.2, -0.15) is 0 Å². The van der Waals surface area contributed by atoms with Gasteiger partial charge in [-0.05, 0) is 13.3 Å². The SMILES string of the molecule is CCCCCC(O)(COCCOCC)OC(C)=O. The summed E-state index contributed by atoms with van der Waals surface area (Å²) in [4.78, 5) is 11.0. The fourth-order valence-corrected chi connectivity index (χ4v) is 1.57. The number of carbonyl (C=O) groups excluding carboxylic acids is 1. The highest BCUT2D eigenvalue weighted by Crippen LogP contribution is 2.18. The first kappa shape index (κ1) is 17.4. The van der Waals surface area contributed by atoms with Crippen molar-refractivity contribution in [3.8, 4) is 0 Å². The van der Waals surface area contributed by atoms with Crippen LogP contribution in [-0.4, -0.2) is 43.3 Å². The van der Waals surface area contributed by atoms with Crippen molar-refractivity contribution in [3.63, 3.8) is 0 Å². The molecule has 0 spiro atoms. The summed E-state index contributed by atoms with van der Waals surface area (Å²) in [5, 5.41) is 10.2. The summed E-state index contributed by atoms with van der Waals surface area (Å²) in [7, 11) is 0. The highest BCUT2D eigenvalue weighted by atomic mass is 16.7. The van der Waals surface area contributed by atoms with Crippen molar-refractivity contribution in [2.75, 3.05) is 26.4 Å². The highest BCUT2D eigenvalue weighted by Gasteiger charge is 2.30. The van der Waals surface area contributed by atoms with Gasteiger partial charge in [0.2, 0.25) is 5.79 Å². The van der Waals surface area contributed by atoms with E-state index in [2.05, 4.69) is 6.92 Å². The number of unbranched alkanes of at least 4 members (excludes halogenated alkanes) is 2. The molecular weight excluding hydrogens is 236 g/mol. The minimum Gasteiger partial charge on any atom is -0.431 e. The smallest absolute Gasteiger partial charge is 0.305 e. The molecule has 5 heteroatoms. The normalized spacial score (nSPS) is 14.2. The summed E-state index contributed by atoms with van der Waals surface area (Å²) < 4.78 is 15.3. The third-order valence-corrected chi connectivity index (χ3v) is 2.41. The van der Waals surface area contributed by atoms with Gasteiger partial charge in [0.25, 0.3) is 0 Å². The van der Waals surface area contributed by atoms with E-state index in [0.717, 1.165) is 19.3 Å². The lowest BCUT2D eigenvalue weighted by Gasteiger charge is -2.27. The maximum absolute atomic E-state index is 11.0. The molecule has 0 saturated carbocycles. The minimum absolute atomic E-state index is 0.0105. The Bertz CT molecular complexity index is 219. The fourth-order valence-electron chi connectivity index (χ4n) is 1.57. The number of hydrogen-bond acceptors (Lipinski definition) is 5. The van der Waals surface area contributed by atoms with E-state index in [1.165, 1.54) is 6.92 Å². The van der Waals surface area contributed by atoms with Gasteiger partial charge in [0.15, 0.2) is 0 Å². The molecule has 0 rings (SSSR count). The second-order valence-corrected chi connectivity index (χ2v) is 4.25. The number of esters is 1. The number of carbonyl (C=O) groups is 1. The molecule has 18 heavy (non-hydrogen) atoms. The van der Waals surface area contributed by atoms with E-state index in [1.54, 1.807) is 0 Å². The van der Waals surface area contributed by atoms with Crippen LogP contribution in [0.4, 0.5) is 0 Å². The summed E-state index contributed by atoms with van der Waals surface area (Å²) in [5.74, 6) is -2.00. The van der Waals surface area contributed by atoms with Crippen LogP contribution < -0.4 is 0 Å². The molecule has 0 bridgehead atoms. The monoisotopic (exact) mass is 262 g/mol. The van der Waals surface area contributed by atoms with E-state index in [1.807, 2.05) is 6.92 Å². The molecule has 0 radical (unpaired) electrons. The van der Waals surface area contributed by atoms with Crippen LogP contribution in [0.1, 0.15) is 46.5 Å². The summed E-state index contributed by atoms with van der Waals surface area (Å²) in [6, 6.07) is 0. The molecule has 1 N–H and O–H groups in total. The Labute approximate surface area is 109 Å². The highest BCUT2D eigenvalue weighted by molar-refractivity contribution is 5.66. The van der Waals surface area contributed by atoms with Crippen LogP contribution in [0.15, 0.2) is 0 Å². The topological polar surface area (TPSA) is 65.0 Å². The van der Waals surface area contributed by atoms with Crippen LogP contribution in [0, 0.1) is 0 Å². The van der Waals surface area contributed by atoms with Gasteiger partial charge < -0.3 is 19.3 Å². The average Bonchev–Trinajstić information content (AvgIpc) is 2.28. The molecule has 1 atom stereocenters. The van der Waals surface area contributed by atoms with Gasteiger partial charge in [-0.25, -0.2) is 0 Å². The first-order valence-corrected chi connectivity index (χ1v) is 6.61. The number of aliphatic hydroxyl groups is 1. The Morgan fingerprint density at radius 3 is 2.39 bits per heavy atom. The van der Waals surface area contributed by atoms with Gasteiger partial charge in [-0.3, -0.25) is 4.79 Å². The molecule has 0 aromatic carbocycles. The van der Waals surface area contributed by atoms with Crippen molar-refractivity contribution in [2.45, 2.75) is 52.2 Å². The van der Waals surface area contributed by atoms with Crippen molar-refractivity contribution >= 4 is 5.97 Å². The Hall–Kier alpha value is -0.650. The second-order valence-electron chi connectivity index (χ2n) is 4.25. The maximum atomic E-state index is 11.0. The van der Waals surface area contributed by atoms with E-state index >= 15 is 0 Å². The summed E-state index contributed by atoms with van der Waals surface area (Å²) in [6.45, 7) is 6.73. The summed E-state index contributed by atoms with van der Waals surface area (Å²) in [6.07, 6.45) is 3.23. The third kappa shape index (κ3) is 9.39. The molecule has 0 saturated heterocycles. The van der Waals surface area contributed by atoms with Crippen LogP contribution in [0.25, 0.3) is 0 Å².